The normalized spacial score (nSPS) is 18.4. The molecule has 234 valence electrons. The number of benzene rings is 2. The molecule has 0 radical (unpaired) electrons. The second kappa shape index (κ2) is 13.2. The third kappa shape index (κ3) is 7.04. The number of β-lactam (4-membered cyclic amide) rings is 1. The molecule has 2 aliphatic rings. The number of alkyl carbamates (subject to hydrolysis) is 1. The molecular formula is C32H31N3O8S2. The Balaban J connectivity index is 1.34. The van der Waals surface area contributed by atoms with Gasteiger partial charge in [-0.3, -0.25) is 14.5 Å². The summed E-state index contributed by atoms with van der Waals surface area (Å²) in [5.74, 6) is -3.77. The molecule has 1 saturated heterocycles. The molecule has 3 amide bonds. The van der Waals surface area contributed by atoms with E-state index < -0.39 is 64.7 Å². The fourth-order valence-corrected chi connectivity index (χ4v) is 7.02. The number of esters is 1. The van der Waals surface area contributed by atoms with E-state index in [-0.39, 0.29) is 11.3 Å². The minimum absolute atomic E-state index is 0.0674. The van der Waals surface area contributed by atoms with Crippen LogP contribution < -0.4 is 10.6 Å². The molecule has 45 heavy (non-hydrogen) atoms. The molecule has 5 rings (SSSR count). The molecule has 0 saturated carbocycles. The minimum atomic E-state index is -1.47. The smallest absolute Gasteiger partial charge is 0.408 e. The van der Waals surface area contributed by atoms with E-state index in [1.165, 1.54) is 11.3 Å². The number of thiophene rings is 1. The number of thioether (sulfide) groups is 1. The number of nitrogens with zero attached hydrogens (tertiary/aromatic N) is 1. The molecule has 0 spiro atoms. The van der Waals surface area contributed by atoms with Crippen molar-refractivity contribution in [2.75, 3.05) is 5.75 Å². The van der Waals surface area contributed by atoms with Gasteiger partial charge in [0.1, 0.15) is 28.8 Å². The quantitative estimate of drug-likeness (QED) is 0.227. The van der Waals surface area contributed by atoms with Crippen molar-refractivity contribution in [1.29, 1.82) is 0 Å². The monoisotopic (exact) mass is 649 g/mol. The molecule has 2 aromatic carbocycles. The number of carbonyl (C=O) groups excluding carboxylic acids is 4. The number of hydrogen-bond acceptors (Lipinski definition) is 9. The fourth-order valence-electron chi connectivity index (χ4n) is 4.92. The Kier molecular flexibility index (Phi) is 9.30. The first-order valence-electron chi connectivity index (χ1n) is 14.0. The van der Waals surface area contributed by atoms with E-state index in [1.54, 1.807) is 86.8 Å². The first kappa shape index (κ1) is 31.8. The van der Waals surface area contributed by atoms with Crippen LogP contribution >= 0.6 is 23.1 Å². The van der Waals surface area contributed by atoms with E-state index in [9.17, 15) is 29.1 Å². The van der Waals surface area contributed by atoms with Crippen molar-refractivity contribution in [3.05, 3.63) is 105 Å². The first-order valence-corrected chi connectivity index (χ1v) is 15.9. The van der Waals surface area contributed by atoms with E-state index in [4.69, 9.17) is 9.47 Å². The van der Waals surface area contributed by atoms with Crippen LogP contribution in [0.1, 0.15) is 48.9 Å². The molecule has 2 unspecified atom stereocenters. The van der Waals surface area contributed by atoms with Crippen LogP contribution in [0, 0.1) is 0 Å². The number of ether oxygens (including phenoxy) is 2. The van der Waals surface area contributed by atoms with Crippen LogP contribution in [0.3, 0.4) is 0 Å². The van der Waals surface area contributed by atoms with Gasteiger partial charge in [-0.25, -0.2) is 14.4 Å². The number of fused-ring (bicyclic) bond motifs is 1. The fraction of sp³-hybridized carbons (Fsp3) is 0.281. The van der Waals surface area contributed by atoms with Gasteiger partial charge < -0.3 is 25.2 Å². The number of hydrogen-bond donors (Lipinski definition) is 3. The molecule has 1 aromatic heterocycles. The highest BCUT2D eigenvalue weighted by molar-refractivity contribution is 8.00. The van der Waals surface area contributed by atoms with E-state index in [1.807, 2.05) is 12.1 Å². The van der Waals surface area contributed by atoms with Crippen LogP contribution in [0.5, 0.6) is 0 Å². The molecule has 3 N–H and O–H groups in total. The van der Waals surface area contributed by atoms with Crippen molar-refractivity contribution in [3.8, 4) is 0 Å². The summed E-state index contributed by atoms with van der Waals surface area (Å²) in [5, 5.41) is 16.3. The van der Waals surface area contributed by atoms with Crippen LogP contribution in [0.25, 0.3) is 0 Å². The van der Waals surface area contributed by atoms with Gasteiger partial charge in [-0.05, 0) is 43.3 Å². The minimum Gasteiger partial charge on any atom is -0.477 e. The van der Waals surface area contributed by atoms with Crippen molar-refractivity contribution in [1.82, 2.24) is 15.5 Å². The van der Waals surface area contributed by atoms with Gasteiger partial charge in [0.15, 0.2) is 6.10 Å². The van der Waals surface area contributed by atoms with Crippen molar-refractivity contribution >= 4 is 52.9 Å². The van der Waals surface area contributed by atoms with E-state index in [0.29, 0.717) is 16.0 Å². The number of rotatable bonds is 9. The predicted molar refractivity (Wildman–Crippen MR) is 167 cm³/mol. The topological polar surface area (TPSA) is 151 Å². The van der Waals surface area contributed by atoms with Crippen molar-refractivity contribution in [3.63, 3.8) is 0 Å². The van der Waals surface area contributed by atoms with Crippen LogP contribution in [0.4, 0.5) is 4.79 Å². The lowest BCUT2D eigenvalue weighted by molar-refractivity contribution is -0.152. The van der Waals surface area contributed by atoms with Crippen LogP contribution in [-0.4, -0.2) is 62.6 Å². The second-order valence-electron chi connectivity index (χ2n) is 11.2. The highest BCUT2D eigenvalue weighted by Crippen LogP contribution is 2.41. The third-order valence-corrected chi connectivity index (χ3v) is 9.11. The van der Waals surface area contributed by atoms with E-state index in [2.05, 4.69) is 10.6 Å². The van der Waals surface area contributed by atoms with Gasteiger partial charge in [-0.15, -0.1) is 23.1 Å². The molecule has 1 fully saturated rings. The van der Waals surface area contributed by atoms with Gasteiger partial charge in [0.25, 0.3) is 5.91 Å². The Morgan fingerprint density at radius 3 is 2.11 bits per heavy atom. The molecule has 0 aliphatic carbocycles. The molecular weight excluding hydrogens is 618 g/mol. The lowest BCUT2D eigenvalue weighted by Gasteiger charge is -2.49. The number of carbonyl (C=O) groups is 5. The lowest BCUT2D eigenvalue weighted by Crippen LogP contribution is -2.71. The number of carboxylic acids is 1. The summed E-state index contributed by atoms with van der Waals surface area (Å²) < 4.78 is 11.2. The van der Waals surface area contributed by atoms with Gasteiger partial charge in [0.05, 0.1) is 5.57 Å². The Labute approximate surface area is 267 Å². The summed E-state index contributed by atoms with van der Waals surface area (Å²) in [4.78, 5) is 66.7. The molecule has 13 heteroatoms. The Morgan fingerprint density at radius 2 is 1.58 bits per heavy atom. The van der Waals surface area contributed by atoms with E-state index >= 15 is 0 Å². The largest absolute Gasteiger partial charge is 0.477 e. The zero-order chi connectivity index (χ0) is 32.3. The van der Waals surface area contributed by atoms with Gasteiger partial charge in [-0.1, -0.05) is 66.7 Å². The summed E-state index contributed by atoms with van der Waals surface area (Å²) in [6, 6.07) is 19.2. The van der Waals surface area contributed by atoms with Crippen LogP contribution in [0.15, 0.2) is 89.4 Å². The zero-order valence-electron chi connectivity index (χ0n) is 24.6. The number of aliphatic carboxylic acids is 1. The van der Waals surface area contributed by atoms with Gasteiger partial charge in [0.2, 0.25) is 5.91 Å². The van der Waals surface area contributed by atoms with Crippen molar-refractivity contribution in [2.24, 2.45) is 0 Å². The molecule has 3 aromatic rings. The lowest BCUT2D eigenvalue weighted by atomic mass is 10.0. The maximum absolute atomic E-state index is 13.5. The Morgan fingerprint density at radius 1 is 0.956 bits per heavy atom. The van der Waals surface area contributed by atoms with Gasteiger partial charge in [-0.2, -0.15) is 0 Å². The van der Waals surface area contributed by atoms with Crippen molar-refractivity contribution < 1.29 is 38.6 Å². The van der Waals surface area contributed by atoms with E-state index in [0.717, 1.165) is 16.7 Å². The average Bonchev–Trinajstić information content (AvgIpc) is 3.55. The zero-order valence-corrected chi connectivity index (χ0v) is 26.2. The molecule has 0 bridgehead atoms. The first-order chi connectivity index (χ1) is 21.4. The second-order valence-corrected chi connectivity index (χ2v) is 13.3. The standard InChI is InChI=1S/C32H31N3O8S2/c1-32(2,3)43-31(41)34-22(21-15-10-16-44-21)26(36)33-23-27(37)35-24(29(38)39)20(17-45-28(23)35)30(40)42-25(18-11-6-4-7-12-18)19-13-8-5-9-14-19/h4-16,22-23,25,28H,17H2,1-3H3,(H,33,36)(H,34,41)(H,38,39)/t22?,23?,28-/m0/s1. The summed E-state index contributed by atoms with van der Waals surface area (Å²) >= 11 is 2.37. The molecule has 2 aliphatic heterocycles. The summed E-state index contributed by atoms with van der Waals surface area (Å²) in [6.45, 7) is 5.07. The summed E-state index contributed by atoms with van der Waals surface area (Å²) in [6.07, 6.45) is -1.62. The van der Waals surface area contributed by atoms with Gasteiger partial charge >= 0.3 is 18.0 Å². The summed E-state index contributed by atoms with van der Waals surface area (Å²) in [5.41, 5.74) is -0.0646. The highest BCUT2D eigenvalue weighted by Gasteiger charge is 2.55. The number of carboxylic acid groups (broad SMARTS) is 1. The SMILES string of the molecule is CC(C)(C)OC(=O)NC(C(=O)NC1C(=O)N2C(C(=O)O)=C(C(=O)OC(c3ccccc3)c3ccccc3)CS[C@@H]12)c1cccs1. The molecule has 3 heterocycles. The number of nitrogens with one attached hydrogen (secondary N) is 2. The maximum atomic E-state index is 13.5. The van der Waals surface area contributed by atoms with Gasteiger partial charge in [0, 0.05) is 10.6 Å². The third-order valence-electron chi connectivity index (χ3n) is 6.90. The maximum Gasteiger partial charge on any atom is 0.408 e. The van der Waals surface area contributed by atoms with Crippen LogP contribution in [-0.2, 0) is 28.7 Å². The van der Waals surface area contributed by atoms with Crippen LogP contribution in [0.2, 0.25) is 0 Å². The Bertz CT molecular complexity index is 1580. The molecule has 11 nitrogen and oxygen atoms in total. The van der Waals surface area contributed by atoms with Crippen molar-refractivity contribution in [2.45, 2.75) is 49.9 Å². The number of amides is 3. The Hall–Kier alpha value is -4.62. The highest BCUT2D eigenvalue weighted by atomic mass is 32.2. The predicted octanol–water partition coefficient (Wildman–Crippen LogP) is 4.39. The molecule has 3 atom stereocenters. The average molecular weight is 650 g/mol. The summed E-state index contributed by atoms with van der Waals surface area (Å²) in [7, 11) is 0.